The molecule has 0 radical (unpaired) electrons. The predicted molar refractivity (Wildman–Crippen MR) is 116 cm³/mol. The number of urea groups is 1. The molecule has 4 rings (SSSR count). The van der Waals surface area contributed by atoms with Crippen molar-refractivity contribution in [3.63, 3.8) is 0 Å². The van der Waals surface area contributed by atoms with Crippen LogP contribution in [0, 0.1) is 0 Å². The molecule has 0 aliphatic carbocycles. The molecule has 2 amide bonds. The molecule has 30 heavy (non-hydrogen) atoms. The molecule has 2 aliphatic heterocycles. The number of nitrogens with two attached hydrogens (primary N) is 1. The number of hydrogen-bond acceptors (Lipinski definition) is 7. The van der Waals surface area contributed by atoms with Crippen LogP contribution in [0.5, 0.6) is 11.6 Å². The third-order valence-corrected chi connectivity index (χ3v) is 5.79. The van der Waals surface area contributed by atoms with E-state index in [1.54, 1.807) is 30.3 Å². The zero-order valence-corrected chi connectivity index (χ0v) is 17.3. The van der Waals surface area contributed by atoms with E-state index in [1.165, 1.54) is 19.2 Å². The molecule has 1 aromatic carbocycles. The molecular formula is C21H29N7O2. The van der Waals surface area contributed by atoms with Gasteiger partial charge in [-0.15, -0.1) is 0 Å². The van der Waals surface area contributed by atoms with Gasteiger partial charge >= 0.3 is 6.03 Å². The van der Waals surface area contributed by atoms with E-state index in [4.69, 9.17) is 10.5 Å². The van der Waals surface area contributed by atoms with Crippen LogP contribution >= 0.6 is 0 Å². The highest BCUT2D eigenvalue weighted by molar-refractivity contribution is 5.88. The molecular weight excluding hydrogens is 382 g/mol. The number of ether oxygens (including phenoxy) is 1. The third kappa shape index (κ3) is 5.17. The molecule has 2 fully saturated rings. The number of piperidine rings is 1. The predicted octanol–water partition coefficient (Wildman–Crippen LogP) is 2.09. The number of nitrogen functional groups attached to an aromatic ring is 1. The standard InChI is InChI=1S/C21H29N7O2/c1-26-8-6-17(7-9-26)27-10-12-28(13-11-27)21(29)25-19-14-20(24-15-23-19)30-18-4-2-16(22)3-5-18/h2-5,14-15,17H,6-13,22H2,1H3,(H,23,24,25,29). The molecule has 160 valence electrons. The number of likely N-dealkylation sites (tertiary alicyclic amines) is 1. The third-order valence-electron chi connectivity index (χ3n) is 5.79. The number of amides is 2. The molecule has 9 heteroatoms. The number of piperazine rings is 1. The Labute approximate surface area is 176 Å². The van der Waals surface area contributed by atoms with Gasteiger partial charge in [0.05, 0.1) is 0 Å². The molecule has 0 unspecified atom stereocenters. The summed E-state index contributed by atoms with van der Waals surface area (Å²) >= 11 is 0. The first kappa shape index (κ1) is 20.4. The Hall–Kier alpha value is -2.91. The second-order valence-electron chi connectivity index (χ2n) is 7.90. The van der Waals surface area contributed by atoms with Crippen molar-refractivity contribution in [3.8, 4) is 11.6 Å². The number of aromatic nitrogens is 2. The minimum absolute atomic E-state index is 0.143. The average Bonchev–Trinajstić information content (AvgIpc) is 2.76. The first-order chi connectivity index (χ1) is 14.6. The molecule has 0 atom stereocenters. The lowest BCUT2D eigenvalue weighted by Crippen LogP contribution is -2.54. The van der Waals surface area contributed by atoms with Gasteiger partial charge < -0.3 is 20.3 Å². The van der Waals surface area contributed by atoms with Gasteiger partial charge in [0.2, 0.25) is 5.88 Å². The second kappa shape index (κ2) is 9.27. The van der Waals surface area contributed by atoms with E-state index in [1.807, 2.05) is 4.90 Å². The maximum absolute atomic E-state index is 12.7. The Morgan fingerprint density at radius 3 is 2.47 bits per heavy atom. The van der Waals surface area contributed by atoms with Gasteiger partial charge in [-0.25, -0.2) is 14.8 Å². The van der Waals surface area contributed by atoms with Crippen molar-refractivity contribution in [2.24, 2.45) is 0 Å². The number of nitrogens with one attached hydrogen (secondary N) is 1. The van der Waals surface area contributed by atoms with E-state index in [2.05, 4.69) is 32.1 Å². The Bertz CT molecular complexity index is 845. The fraction of sp³-hybridized carbons (Fsp3) is 0.476. The zero-order chi connectivity index (χ0) is 20.9. The van der Waals surface area contributed by atoms with Gasteiger partial charge in [-0.1, -0.05) is 0 Å². The van der Waals surface area contributed by atoms with Gasteiger partial charge in [0.1, 0.15) is 17.9 Å². The number of rotatable bonds is 4. The zero-order valence-electron chi connectivity index (χ0n) is 17.3. The Morgan fingerprint density at radius 2 is 1.77 bits per heavy atom. The van der Waals surface area contributed by atoms with E-state index in [0.717, 1.165) is 39.3 Å². The van der Waals surface area contributed by atoms with E-state index in [9.17, 15) is 4.79 Å². The summed E-state index contributed by atoms with van der Waals surface area (Å²) in [5, 5.41) is 2.86. The van der Waals surface area contributed by atoms with Crippen LogP contribution in [0.25, 0.3) is 0 Å². The lowest BCUT2D eigenvalue weighted by molar-refractivity contribution is 0.0775. The van der Waals surface area contributed by atoms with Crippen LogP contribution in [0.2, 0.25) is 0 Å². The van der Waals surface area contributed by atoms with Crippen LogP contribution in [0.1, 0.15) is 12.8 Å². The monoisotopic (exact) mass is 411 g/mol. The van der Waals surface area contributed by atoms with Crippen molar-refractivity contribution < 1.29 is 9.53 Å². The number of hydrogen-bond donors (Lipinski definition) is 2. The summed E-state index contributed by atoms with van der Waals surface area (Å²) in [5.41, 5.74) is 6.35. The summed E-state index contributed by atoms with van der Waals surface area (Å²) in [6, 6.07) is 9.15. The van der Waals surface area contributed by atoms with Crippen molar-refractivity contribution in [2.75, 3.05) is 57.4 Å². The highest BCUT2D eigenvalue weighted by Gasteiger charge is 2.28. The summed E-state index contributed by atoms with van der Waals surface area (Å²) in [6.45, 7) is 5.57. The largest absolute Gasteiger partial charge is 0.439 e. The molecule has 3 N–H and O–H groups in total. The van der Waals surface area contributed by atoms with Crippen molar-refractivity contribution in [1.82, 2.24) is 24.7 Å². The Kier molecular flexibility index (Phi) is 6.29. The van der Waals surface area contributed by atoms with Crippen molar-refractivity contribution in [1.29, 1.82) is 0 Å². The average molecular weight is 412 g/mol. The molecule has 1 aromatic heterocycles. The van der Waals surface area contributed by atoms with Gasteiger partial charge in [0, 0.05) is 44.0 Å². The molecule has 2 saturated heterocycles. The van der Waals surface area contributed by atoms with Crippen molar-refractivity contribution in [3.05, 3.63) is 36.7 Å². The topological polar surface area (TPSA) is 99.8 Å². The van der Waals surface area contributed by atoms with E-state index in [-0.39, 0.29) is 6.03 Å². The van der Waals surface area contributed by atoms with Gasteiger partial charge in [-0.2, -0.15) is 0 Å². The van der Waals surface area contributed by atoms with Gasteiger partial charge in [-0.3, -0.25) is 10.2 Å². The fourth-order valence-electron chi connectivity index (χ4n) is 3.96. The number of carbonyl (C=O) groups excluding carboxylic acids is 1. The number of anilines is 2. The van der Waals surface area contributed by atoms with Crippen molar-refractivity contribution in [2.45, 2.75) is 18.9 Å². The maximum Gasteiger partial charge on any atom is 0.323 e. The summed E-state index contributed by atoms with van der Waals surface area (Å²) in [4.78, 5) is 27.7. The minimum atomic E-state index is -0.143. The summed E-state index contributed by atoms with van der Waals surface area (Å²) in [6.07, 6.45) is 3.79. The minimum Gasteiger partial charge on any atom is -0.439 e. The summed E-state index contributed by atoms with van der Waals surface area (Å²) < 4.78 is 5.71. The highest BCUT2D eigenvalue weighted by Crippen LogP contribution is 2.22. The van der Waals surface area contributed by atoms with Crippen LogP contribution in [0.15, 0.2) is 36.7 Å². The van der Waals surface area contributed by atoms with Crippen LogP contribution in [-0.2, 0) is 0 Å². The molecule has 9 nitrogen and oxygen atoms in total. The van der Waals surface area contributed by atoms with Crippen molar-refractivity contribution >= 4 is 17.5 Å². The normalized spacial score (nSPS) is 18.9. The molecule has 2 aromatic rings. The lowest BCUT2D eigenvalue weighted by atomic mass is 10.0. The SMILES string of the molecule is CN1CCC(N2CCN(C(=O)Nc3cc(Oc4ccc(N)cc4)ncn3)CC2)CC1. The van der Waals surface area contributed by atoms with E-state index in [0.29, 0.717) is 29.2 Å². The number of nitrogens with zero attached hydrogens (tertiary/aromatic N) is 5. The van der Waals surface area contributed by atoms with E-state index < -0.39 is 0 Å². The molecule has 2 aliphatic rings. The van der Waals surface area contributed by atoms with Crippen LogP contribution in [0.3, 0.4) is 0 Å². The maximum atomic E-state index is 12.7. The Balaban J connectivity index is 1.28. The van der Waals surface area contributed by atoms with Gasteiger partial charge in [0.25, 0.3) is 0 Å². The first-order valence-corrected chi connectivity index (χ1v) is 10.4. The Morgan fingerprint density at radius 1 is 1.07 bits per heavy atom. The molecule has 0 bridgehead atoms. The van der Waals surface area contributed by atoms with Crippen LogP contribution in [-0.4, -0.2) is 83.1 Å². The quantitative estimate of drug-likeness (QED) is 0.743. The molecule has 3 heterocycles. The number of benzene rings is 1. The summed E-state index contributed by atoms with van der Waals surface area (Å²) in [7, 11) is 2.18. The summed E-state index contributed by atoms with van der Waals surface area (Å²) in [5.74, 6) is 1.39. The molecule has 0 spiro atoms. The fourth-order valence-corrected chi connectivity index (χ4v) is 3.96. The number of carbonyl (C=O) groups is 1. The molecule has 0 saturated carbocycles. The van der Waals surface area contributed by atoms with Gasteiger partial charge in [-0.05, 0) is 57.2 Å². The second-order valence-corrected chi connectivity index (χ2v) is 7.90. The lowest BCUT2D eigenvalue weighted by Gasteiger charge is -2.42. The first-order valence-electron chi connectivity index (χ1n) is 10.4. The van der Waals surface area contributed by atoms with E-state index >= 15 is 0 Å². The highest BCUT2D eigenvalue weighted by atomic mass is 16.5. The van der Waals surface area contributed by atoms with Crippen LogP contribution in [0.4, 0.5) is 16.3 Å². The van der Waals surface area contributed by atoms with Crippen LogP contribution < -0.4 is 15.8 Å². The van der Waals surface area contributed by atoms with Gasteiger partial charge in [0.15, 0.2) is 0 Å². The smallest absolute Gasteiger partial charge is 0.323 e.